The lowest BCUT2D eigenvalue weighted by atomic mass is 10.2. The molecule has 3 N–H and O–H groups in total. The van der Waals surface area contributed by atoms with E-state index >= 15 is 0 Å². The van der Waals surface area contributed by atoms with Gasteiger partial charge in [-0.2, -0.15) is 0 Å². The zero-order valence-electron chi connectivity index (χ0n) is 11.4. The van der Waals surface area contributed by atoms with Crippen molar-refractivity contribution >= 4 is 39.9 Å². The quantitative estimate of drug-likeness (QED) is 0.771. The van der Waals surface area contributed by atoms with Gasteiger partial charge in [0.05, 0.1) is 10.5 Å². The molecule has 3 rings (SSSR count). The predicted octanol–water partition coefficient (Wildman–Crippen LogP) is 3.20. The number of anilines is 2. The molecule has 23 heavy (non-hydrogen) atoms. The lowest BCUT2D eigenvalue weighted by Gasteiger charge is -2.10. The number of carbonyl (C=O) groups excluding carboxylic acids is 1. The predicted molar refractivity (Wildman–Crippen MR) is 81.5 cm³/mol. The van der Waals surface area contributed by atoms with Crippen molar-refractivity contribution in [3.63, 3.8) is 0 Å². The van der Waals surface area contributed by atoms with E-state index in [0.717, 1.165) is 6.07 Å². The number of hydrogen-bond donors (Lipinski definition) is 2. The van der Waals surface area contributed by atoms with E-state index in [0.29, 0.717) is 11.1 Å². The second kappa shape index (κ2) is 5.77. The molecule has 0 bridgehead atoms. The first-order valence-corrected chi connectivity index (χ1v) is 6.72. The molecular formula is C15H8ClF2N4O. The Hall–Kier alpha value is -2.80. The Kier molecular flexibility index (Phi) is 3.79. The largest absolute Gasteiger partial charge is 0.363 e. The monoisotopic (exact) mass is 333 g/mol. The highest BCUT2D eigenvalue weighted by molar-refractivity contribution is 6.31. The van der Waals surface area contributed by atoms with Crippen LogP contribution in [-0.2, 0) is 0 Å². The molecule has 0 saturated heterocycles. The van der Waals surface area contributed by atoms with Gasteiger partial charge < -0.3 is 11.1 Å². The Labute approximate surface area is 134 Å². The van der Waals surface area contributed by atoms with Crippen molar-refractivity contribution in [3.8, 4) is 0 Å². The number of halogens is 3. The summed E-state index contributed by atoms with van der Waals surface area (Å²) in [6.07, 6.45) is 0. The number of nitrogens with zero attached hydrogens (tertiary/aromatic N) is 2. The molecule has 0 aliphatic carbocycles. The summed E-state index contributed by atoms with van der Waals surface area (Å²) in [5.41, 5.74) is 5.79. The molecular weight excluding hydrogens is 326 g/mol. The van der Waals surface area contributed by atoms with E-state index in [2.05, 4.69) is 21.4 Å². The van der Waals surface area contributed by atoms with E-state index in [1.54, 1.807) is 0 Å². The molecule has 0 fully saturated rings. The third-order valence-corrected chi connectivity index (χ3v) is 3.29. The topological polar surface area (TPSA) is 80.9 Å². The molecule has 0 saturated carbocycles. The average Bonchev–Trinajstić information content (AvgIpc) is 2.50. The maximum absolute atomic E-state index is 13.3. The molecule has 0 unspecified atom stereocenters. The summed E-state index contributed by atoms with van der Waals surface area (Å²) in [6.45, 7) is 0. The van der Waals surface area contributed by atoms with Gasteiger partial charge in [0.1, 0.15) is 17.5 Å². The van der Waals surface area contributed by atoms with Gasteiger partial charge in [0.15, 0.2) is 0 Å². The summed E-state index contributed by atoms with van der Waals surface area (Å²) < 4.78 is 26.5. The van der Waals surface area contributed by atoms with Crippen molar-refractivity contribution in [3.05, 3.63) is 58.9 Å². The van der Waals surface area contributed by atoms with E-state index in [1.165, 1.54) is 24.3 Å². The van der Waals surface area contributed by atoms with Crippen molar-refractivity contribution < 1.29 is 13.6 Å². The van der Waals surface area contributed by atoms with Crippen LogP contribution in [0.1, 0.15) is 10.6 Å². The third-order valence-electron chi connectivity index (χ3n) is 3.00. The first kappa shape index (κ1) is 15.1. The molecule has 5 nitrogen and oxygen atoms in total. The first-order valence-electron chi connectivity index (χ1n) is 6.35. The molecule has 0 aliphatic rings. The summed E-state index contributed by atoms with van der Waals surface area (Å²) in [5.74, 6) is -2.15. The summed E-state index contributed by atoms with van der Waals surface area (Å²) in [4.78, 5) is 19.2. The van der Waals surface area contributed by atoms with Crippen molar-refractivity contribution in [1.29, 1.82) is 0 Å². The van der Waals surface area contributed by atoms with Gasteiger partial charge in [-0.05, 0) is 24.3 Å². The van der Waals surface area contributed by atoms with E-state index < -0.39 is 17.5 Å². The lowest BCUT2D eigenvalue weighted by molar-refractivity contribution is 0.0991. The second-order valence-electron chi connectivity index (χ2n) is 4.59. The number of aromatic nitrogens is 2. The van der Waals surface area contributed by atoms with E-state index in [-0.39, 0.29) is 22.2 Å². The zero-order chi connectivity index (χ0) is 16.6. The molecule has 1 heterocycles. The lowest BCUT2D eigenvalue weighted by Crippen LogP contribution is -2.16. The van der Waals surface area contributed by atoms with Crippen molar-refractivity contribution in [2.24, 2.45) is 5.73 Å². The Balaban J connectivity index is 2.14. The van der Waals surface area contributed by atoms with Crippen LogP contribution in [0, 0.1) is 17.7 Å². The van der Waals surface area contributed by atoms with Gasteiger partial charge in [0, 0.05) is 23.2 Å². The van der Waals surface area contributed by atoms with Crippen LogP contribution in [0.4, 0.5) is 20.3 Å². The highest BCUT2D eigenvalue weighted by Crippen LogP contribution is 2.26. The van der Waals surface area contributed by atoms with Crippen LogP contribution in [0.2, 0.25) is 5.02 Å². The molecule has 1 amide bonds. The number of primary amides is 1. The number of nitrogens with one attached hydrogen (secondary N) is 1. The van der Waals surface area contributed by atoms with E-state index in [1.807, 2.05) is 0 Å². The van der Waals surface area contributed by atoms with Gasteiger partial charge in [0.25, 0.3) is 5.91 Å². The standard InChI is InChI=1S/C15H8ClF2N4O/c16-10-6-8(2-4-11(10)18)20-14-9-3-1-7(17)5-12(9)21-15(22-14)13(19)23/h2-6H,(H2,19,23)(H,20,21,22). The molecule has 3 aromatic rings. The maximum Gasteiger partial charge on any atom is 0.286 e. The third kappa shape index (κ3) is 3.04. The van der Waals surface area contributed by atoms with Crippen LogP contribution in [0.15, 0.2) is 30.3 Å². The first-order chi connectivity index (χ1) is 10.9. The number of rotatable bonds is 3. The van der Waals surface area contributed by atoms with Gasteiger partial charge in [-0.3, -0.25) is 4.79 Å². The highest BCUT2D eigenvalue weighted by atomic mass is 35.5. The number of amides is 1. The zero-order valence-corrected chi connectivity index (χ0v) is 12.2. The Morgan fingerprint density at radius 3 is 2.74 bits per heavy atom. The number of nitrogens with two attached hydrogens (primary N) is 1. The van der Waals surface area contributed by atoms with Crippen LogP contribution in [0.3, 0.4) is 0 Å². The minimum absolute atomic E-state index is 0.0823. The number of carbonyl (C=O) groups is 1. The average molecular weight is 334 g/mol. The van der Waals surface area contributed by atoms with Crippen LogP contribution < -0.4 is 11.1 Å². The molecule has 115 valence electrons. The highest BCUT2D eigenvalue weighted by Gasteiger charge is 2.13. The molecule has 0 aliphatic heterocycles. The summed E-state index contributed by atoms with van der Waals surface area (Å²) in [6, 6.07) is 8.78. The molecule has 0 atom stereocenters. The number of hydrogen-bond acceptors (Lipinski definition) is 4. The number of benzene rings is 2. The summed E-state index contributed by atoms with van der Waals surface area (Å²) in [7, 11) is 0. The Morgan fingerprint density at radius 2 is 2.04 bits per heavy atom. The van der Waals surface area contributed by atoms with E-state index in [9.17, 15) is 13.6 Å². The van der Waals surface area contributed by atoms with Gasteiger partial charge >= 0.3 is 0 Å². The van der Waals surface area contributed by atoms with Crippen molar-refractivity contribution in [1.82, 2.24) is 9.97 Å². The summed E-state index contributed by atoms with van der Waals surface area (Å²) >= 11 is 5.72. The van der Waals surface area contributed by atoms with Crippen LogP contribution in [-0.4, -0.2) is 15.9 Å². The Bertz CT molecular complexity index is 933. The smallest absolute Gasteiger partial charge is 0.286 e. The van der Waals surface area contributed by atoms with Crippen LogP contribution >= 0.6 is 11.6 Å². The fraction of sp³-hybridized carbons (Fsp3) is 0. The molecule has 1 radical (unpaired) electrons. The molecule has 1 aromatic heterocycles. The van der Waals surface area contributed by atoms with E-state index in [4.69, 9.17) is 17.3 Å². The molecule has 2 aromatic carbocycles. The molecule has 8 heteroatoms. The molecule has 0 spiro atoms. The van der Waals surface area contributed by atoms with Gasteiger partial charge in [-0.1, -0.05) is 11.6 Å². The Morgan fingerprint density at radius 1 is 1.26 bits per heavy atom. The van der Waals surface area contributed by atoms with Crippen LogP contribution in [0.25, 0.3) is 10.9 Å². The minimum atomic E-state index is -0.861. The minimum Gasteiger partial charge on any atom is -0.363 e. The maximum atomic E-state index is 13.3. The normalized spacial score (nSPS) is 10.7. The SMILES string of the molecule is NC(=O)c1nc(Nc2ccc(F)c(Cl)c2)c2c[c]c(F)cc2n1. The van der Waals surface area contributed by atoms with Gasteiger partial charge in [0.2, 0.25) is 5.82 Å². The number of fused-ring (bicyclic) bond motifs is 1. The fourth-order valence-electron chi connectivity index (χ4n) is 1.96. The van der Waals surface area contributed by atoms with Crippen LogP contribution in [0.5, 0.6) is 0 Å². The fourth-order valence-corrected chi connectivity index (χ4v) is 2.14. The van der Waals surface area contributed by atoms with Crippen molar-refractivity contribution in [2.75, 3.05) is 5.32 Å². The second-order valence-corrected chi connectivity index (χ2v) is 5.00. The van der Waals surface area contributed by atoms with Gasteiger partial charge in [-0.25, -0.2) is 18.7 Å². The van der Waals surface area contributed by atoms with Gasteiger partial charge in [-0.15, -0.1) is 0 Å². The van der Waals surface area contributed by atoms with Crippen molar-refractivity contribution in [2.45, 2.75) is 0 Å². The summed E-state index contributed by atoms with van der Waals surface area (Å²) in [5, 5.41) is 3.21.